The number of carbonyl (C=O) groups is 1. The Morgan fingerprint density at radius 1 is 1.10 bits per heavy atom. The molecule has 4 heteroatoms. The number of rotatable bonds is 7. The third kappa shape index (κ3) is 5.57. The molecule has 0 bridgehead atoms. The average molecular weight is 284 g/mol. The summed E-state index contributed by atoms with van der Waals surface area (Å²) in [5.41, 5.74) is 2.11. The monoisotopic (exact) mass is 284 g/mol. The van der Waals surface area contributed by atoms with E-state index in [1.807, 2.05) is 61.5 Å². The van der Waals surface area contributed by atoms with Crippen LogP contribution in [0.2, 0.25) is 0 Å². The lowest BCUT2D eigenvalue weighted by Crippen LogP contribution is -2.33. The lowest BCUT2D eigenvalue weighted by atomic mass is 10.2. The SMILES string of the molecule is Cc1cccc(NCC(=O)NCCOc2ccccc2)c1. The van der Waals surface area contributed by atoms with Gasteiger partial charge in [0.1, 0.15) is 12.4 Å². The second-order valence-corrected chi connectivity index (χ2v) is 4.73. The van der Waals surface area contributed by atoms with Crippen LogP contribution in [0.25, 0.3) is 0 Å². The quantitative estimate of drug-likeness (QED) is 0.768. The van der Waals surface area contributed by atoms with Gasteiger partial charge in [-0.2, -0.15) is 0 Å². The zero-order valence-electron chi connectivity index (χ0n) is 12.1. The third-order valence-corrected chi connectivity index (χ3v) is 2.91. The highest BCUT2D eigenvalue weighted by molar-refractivity contribution is 5.80. The lowest BCUT2D eigenvalue weighted by molar-refractivity contribution is -0.119. The van der Waals surface area contributed by atoms with E-state index in [4.69, 9.17) is 4.74 Å². The maximum absolute atomic E-state index is 11.7. The molecule has 0 aromatic heterocycles. The first-order valence-electron chi connectivity index (χ1n) is 6.99. The highest BCUT2D eigenvalue weighted by Gasteiger charge is 2.01. The minimum atomic E-state index is -0.0480. The van der Waals surface area contributed by atoms with Gasteiger partial charge in [0, 0.05) is 5.69 Å². The lowest BCUT2D eigenvalue weighted by Gasteiger charge is -2.09. The van der Waals surface area contributed by atoms with Gasteiger partial charge in [-0.1, -0.05) is 30.3 Å². The van der Waals surface area contributed by atoms with Crippen LogP contribution in [0.15, 0.2) is 54.6 Å². The second-order valence-electron chi connectivity index (χ2n) is 4.73. The largest absolute Gasteiger partial charge is 0.492 e. The highest BCUT2D eigenvalue weighted by Crippen LogP contribution is 2.09. The summed E-state index contributed by atoms with van der Waals surface area (Å²) in [5, 5.41) is 5.90. The first kappa shape index (κ1) is 14.9. The van der Waals surface area contributed by atoms with Gasteiger partial charge in [-0.25, -0.2) is 0 Å². The molecule has 0 aliphatic rings. The molecule has 1 amide bonds. The first-order chi connectivity index (χ1) is 10.2. The topological polar surface area (TPSA) is 50.4 Å². The first-order valence-corrected chi connectivity index (χ1v) is 6.99. The summed E-state index contributed by atoms with van der Waals surface area (Å²) in [4.78, 5) is 11.7. The molecule has 0 fully saturated rings. The minimum Gasteiger partial charge on any atom is -0.492 e. The molecule has 0 aliphatic carbocycles. The zero-order chi connectivity index (χ0) is 14.9. The molecule has 0 saturated heterocycles. The third-order valence-electron chi connectivity index (χ3n) is 2.91. The van der Waals surface area contributed by atoms with Crippen molar-refractivity contribution in [3.05, 3.63) is 60.2 Å². The van der Waals surface area contributed by atoms with Crippen LogP contribution in [-0.4, -0.2) is 25.6 Å². The standard InChI is InChI=1S/C17H20N2O2/c1-14-6-5-7-15(12-14)19-13-17(20)18-10-11-21-16-8-3-2-4-9-16/h2-9,12,19H,10-11,13H2,1H3,(H,18,20). The number of ether oxygens (including phenoxy) is 1. The van der Waals surface area contributed by atoms with Gasteiger partial charge in [-0.15, -0.1) is 0 Å². The molecule has 0 unspecified atom stereocenters. The van der Waals surface area contributed by atoms with Crippen molar-refractivity contribution in [2.24, 2.45) is 0 Å². The number of para-hydroxylation sites is 1. The average Bonchev–Trinajstić information content (AvgIpc) is 2.51. The van der Waals surface area contributed by atoms with Gasteiger partial charge >= 0.3 is 0 Å². The molecule has 2 aromatic rings. The molecule has 21 heavy (non-hydrogen) atoms. The van der Waals surface area contributed by atoms with Crippen LogP contribution in [0.3, 0.4) is 0 Å². The van der Waals surface area contributed by atoms with Crippen molar-refractivity contribution >= 4 is 11.6 Å². The predicted octanol–water partition coefficient (Wildman–Crippen LogP) is 2.60. The number of aryl methyl sites for hydroxylation is 1. The van der Waals surface area contributed by atoms with E-state index in [2.05, 4.69) is 10.6 Å². The van der Waals surface area contributed by atoms with Crippen LogP contribution >= 0.6 is 0 Å². The molecule has 0 spiro atoms. The smallest absolute Gasteiger partial charge is 0.239 e. The second kappa shape index (κ2) is 7.94. The molecule has 0 saturated carbocycles. The molecule has 0 atom stereocenters. The Bertz CT molecular complexity index is 570. The predicted molar refractivity (Wildman–Crippen MR) is 84.6 cm³/mol. The van der Waals surface area contributed by atoms with Gasteiger partial charge in [-0.05, 0) is 36.8 Å². The summed E-state index contributed by atoms with van der Waals surface area (Å²) < 4.78 is 5.50. The maximum atomic E-state index is 11.7. The van der Waals surface area contributed by atoms with E-state index in [1.54, 1.807) is 0 Å². The van der Waals surface area contributed by atoms with Gasteiger partial charge < -0.3 is 15.4 Å². The fourth-order valence-electron chi connectivity index (χ4n) is 1.88. The molecule has 0 heterocycles. The molecule has 110 valence electrons. The van der Waals surface area contributed by atoms with E-state index in [0.717, 1.165) is 17.0 Å². The Morgan fingerprint density at radius 2 is 1.90 bits per heavy atom. The van der Waals surface area contributed by atoms with E-state index in [0.29, 0.717) is 13.2 Å². The Labute approximate surface area is 125 Å². The van der Waals surface area contributed by atoms with Crippen LogP contribution in [0.1, 0.15) is 5.56 Å². The van der Waals surface area contributed by atoms with Crippen molar-refractivity contribution in [2.45, 2.75) is 6.92 Å². The van der Waals surface area contributed by atoms with Gasteiger partial charge in [0.25, 0.3) is 0 Å². The fraction of sp³-hybridized carbons (Fsp3) is 0.235. The van der Waals surface area contributed by atoms with Gasteiger partial charge in [0.05, 0.1) is 13.1 Å². The molecular weight excluding hydrogens is 264 g/mol. The van der Waals surface area contributed by atoms with Crippen LogP contribution < -0.4 is 15.4 Å². The van der Waals surface area contributed by atoms with Crippen LogP contribution in [0.4, 0.5) is 5.69 Å². The fourth-order valence-corrected chi connectivity index (χ4v) is 1.88. The summed E-state index contributed by atoms with van der Waals surface area (Å²) in [6.45, 7) is 3.23. The van der Waals surface area contributed by atoms with E-state index >= 15 is 0 Å². The Hall–Kier alpha value is -2.49. The number of anilines is 1. The summed E-state index contributed by atoms with van der Waals surface area (Å²) in [5.74, 6) is 0.762. The summed E-state index contributed by atoms with van der Waals surface area (Å²) in [6, 6.07) is 17.5. The van der Waals surface area contributed by atoms with Crippen molar-refractivity contribution in [2.75, 3.05) is 25.0 Å². The molecule has 0 aliphatic heterocycles. The Kier molecular flexibility index (Phi) is 5.64. The van der Waals surface area contributed by atoms with Crippen molar-refractivity contribution < 1.29 is 9.53 Å². The Morgan fingerprint density at radius 3 is 2.67 bits per heavy atom. The molecule has 2 N–H and O–H groups in total. The zero-order valence-corrected chi connectivity index (χ0v) is 12.1. The van der Waals surface area contributed by atoms with E-state index < -0.39 is 0 Å². The number of carbonyl (C=O) groups excluding carboxylic acids is 1. The van der Waals surface area contributed by atoms with E-state index in [1.165, 1.54) is 0 Å². The van der Waals surface area contributed by atoms with Crippen molar-refractivity contribution in [3.8, 4) is 5.75 Å². The number of hydrogen-bond acceptors (Lipinski definition) is 3. The van der Waals surface area contributed by atoms with Crippen LogP contribution in [0.5, 0.6) is 5.75 Å². The molecule has 0 radical (unpaired) electrons. The number of nitrogens with one attached hydrogen (secondary N) is 2. The van der Waals surface area contributed by atoms with Crippen molar-refractivity contribution in [1.29, 1.82) is 0 Å². The van der Waals surface area contributed by atoms with Crippen LogP contribution in [0, 0.1) is 6.92 Å². The molecular formula is C17H20N2O2. The summed E-state index contributed by atoms with van der Waals surface area (Å²) in [7, 11) is 0. The highest BCUT2D eigenvalue weighted by atomic mass is 16.5. The van der Waals surface area contributed by atoms with Gasteiger partial charge in [-0.3, -0.25) is 4.79 Å². The molecule has 2 aromatic carbocycles. The van der Waals surface area contributed by atoms with Crippen LogP contribution in [-0.2, 0) is 4.79 Å². The van der Waals surface area contributed by atoms with E-state index in [9.17, 15) is 4.79 Å². The van der Waals surface area contributed by atoms with Crippen molar-refractivity contribution in [3.63, 3.8) is 0 Å². The summed E-state index contributed by atoms with van der Waals surface area (Å²) in [6.07, 6.45) is 0. The number of benzene rings is 2. The minimum absolute atomic E-state index is 0.0480. The molecule has 4 nitrogen and oxygen atoms in total. The number of hydrogen-bond donors (Lipinski definition) is 2. The summed E-state index contributed by atoms with van der Waals surface area (Å²) >= 11 is 0. The Balaban J connectivity index is 1.62. The normalized spacial score (nSPS) is 9.95. The van der Waals surface area contributed by atoms with Gasteiger partial charge in [0.15, 0.2) is 0 Å². The van der Waals surface area contributed by atoms with E-state index in [-0.39, 0.29) is 12.5 Å². The van der Waals surface area contributed by atoms with Crippen molar-refractivity contribution in [1.82, 2.24) is 5.32 Å². The molecule has 2 rings (SSSR count). The van der Waals surface area contributed by atoms with Gasteiger partial charge in [0.2, 0.25) is 5.91 Å². The number of amides is 1. The maximum Gasteiger partial charge on any atom is 0.239 e.